The van der Waals surface area contributed by atoms with E-state index >= 15 is 0 Å². The molecule has 0 bridgehead atoms. The smallest absolute Gasteiger partial charge is 0.285 e. The van der Waals surface area contributed by atoms with E-state index in [0.717, 1.165) is 19.4 Å². The Morgan fingerprint density at radius 3 is 2.68 bits per heavy atom. The zero-order valence-corrected chi connectivity index (χ0v) is 18.8. The molecule has 1 heterocycles. The van der Waals surface area contributed by atoms with Gasteiger partial charge in [0.05, 0.1) is 28.7 Å². The summed E-state index contributed by atoms with van der Waals surface area (Å²) in [5, 5.41) is 14.1. The maximum absolute atomic E-state index is 14.9. The fourth-order valence-electron chi connectivity index (χ4n) is 4.00. The molecule has 0 aliphatic carbocycles. The van der Waals surface area contributed by atoms with Gasteiger partial charge < -0.3 is 15.0 Å². The van der Waals surface area contributed by atoms with Gasteiger partial charge in [0.15, 0.2) is 0 Å². The molecule has 0 unspecified atom stereocenters. The number of nitrogens with one attached hydrogen (secondary N) is 1. The van der Waals surface area contributed by atoms with Crippen molar-refractivity contribution in [3.63, 3.8) is 0 Å². The Morgan fingerprint density at radius 1 is 1.35 bits per heavy atom. The molecule has 1 saturated heterocycles. The Morgan fingerprint density at radius 2 is 2.10 bits per heavy atom. The molecule has 0 aromatic heterocycles. The molecule has 166 valence electrons. The summed E-state index contributed by atoms with van der Waals surface area (Å²) in [6.07, 6.45) is 3.82. The van der Waals surface area contributed by atoms with Gasteiger partial charge in [-0.2, -0.15) is 0 Å². The number of amides is 1. The molecule has 0 saturated carbocycles. The number of carbonyl (C=O) groups is 1. The predicted octanol–water partition coefficient (Wildman–Crippen LogP) is 5.34. The molecule has 1 N–H and O–H groups in total. The standard InChI is InChI=1S/C22H26FN3O4S/c1-13(2)17-6-5-9-25(17)18-8-7-14(10-16(18)23)24-22(27)15-11-21(31-4)20(30-3)12-19(15)26(28)29/h7-8,10-13,17H,5-6,9H2,1-4H3,(H,24,27)/t17-/m0/s1. The number of ether oxygens (including phenoxy) is 1. The van der Waals surface area contributed by atoms with E-state index in [1.807, 2.05) is 0 Å². The number of halogens is 1. The zero-order valence-electron chi connectivity index (χ0n) is 18.0. The number of nitro benzene ring substituents is 1. The van der Waals surface area contributed by atoms with Gasteiger partial charge in [-0.25, -0.2) is 4.39 Å². The van der Waals surface area contributed by atoms with Gasteiger partial charge >= 0.3 is 0 Å². The SMILES string of the molecule is COc1cc([N+](=O)[O-])c(C(=O)Nc2ccc(N3CCC[C@H]3C(C)C)c(F)c2)cc1SC. The summed E-state index contributed by atoms with van der Waals surface area (Å²) >= 11 is 1.31. The monoisotopic (exact) mass is 447 g/mol. The second kappa shape index (κ2) is 9.55. The molecular weight excluding hydrogens is 421 g/mol. The molecule has 0 spiro atoms. The normalized spacial score (nSPS) is 15.9. The Hall–Kier alpha value is -2.81. The molecule has 1 aliphatic rings. The van der Waals surface area contributed by atoms with Crippen LogP contribution in [-0.4, -0.2) is 36.8 Å². The van der Waals surface area contributed by atoms with Gasteiger partial charge in [0.25, 0.3) is 11.6 Å². The van der Waals surface area contributed by atoms with Gasteiger partial charge in [-0.3, -0.25) is 14.9 Å². The Bertz CT molecular complexity index is 999. The van der Waals surface area contributed by atoms with Crippen LogP contribution in [0.2, 0.25) is 0 Å². The van der Waals surface area contributed by atoms with Gasteiger partial charge in [-0.05, 0) is 49.3 Å². The van der Waals surface area contributed by atoms with Gasteiger partial charge in [0, 0.05) is 18.3 Å². The first-order valence-corrected chi connectivity index (χ1v) is 11.3. The van der Waals surface area contributed by atoms with Gasteiger partial charge in [-0.1, -0.05) is 13.8 Å². The summed E-state index contributed by atoms with van der Waals surface area (Å²) in [5.41, 5.74) is 0.261. The van der Waals surface area contributed by atoms with E-state index in [4.69, 9.17) is 4.74 Å². The van der Waals surface area contributed by atoms with Crippen LogP contribution >= 0.6 is 11.8 Å². The molecule has 1 atom stereocenters. The summed E-state index contributed by atoms with van der Waals surface area (Å²) in [5.74, 6) is -0.392. The fourth-order valence-corrected chi connectivity index (χ4v) is 4.58. The van der Waals surface area contributed by atoms with Crippen molar-refractivity contribution in [2.75, 3.05) is 30.1 Å². The first-order valence-electron chi connectivity index (χ1n) is 10.0. The van der Waals surface area contributed by atoms with Crippen molar-refractivity contribution in [3.05, 3.63) is 51.8 Å². The zero-order chi connectivity index (χ0) is 22.7. The number of thioether (sulfide) groups is 1. The lowest BCUT2D eigenvalue weighted by molar-refractivity contribution is -0.385. The number of methoxy groups -OCH3 is 1. The van der Waals surface area contributed by atoms with Crippen LogP contribution in [0.25, 0.3) is 0 Å². The summed E-state index contributed by atoms with van der Waals surface area (Å²) in [6.45, 7) is 5.04. The van der Waals surface area contributed by atoms with Gasteiger partial charge in [0.2, 0.25) is 0 Å². The lowest BCUT2D eigenvalue weighted by Gasteiger charge is -2.30. The lowest BCUT2D eigenvalue weighted by Crippen LogP contribution is -2.33. The van der Waals surface area contributed by atoms with Crippen molar-refractivity contribution in [2.45, 2.75) is 37.6 Å². The number of rotatable bonds is 7. The van der Waals surface area contributed by atoms with E-state index in [1.54, 1.807) is 18.4 Å². The van der Waals surface area contributed by atoms with Crippen molar-refractivity contribution < 1.29 is 18.8 Å². The van der Waals surface area contributed by atoms with Gasteiger partial charge in [0.1, 0.15) is 17.1 Å². The van der Waals surface area contributed by atoms with Crippen LogP contribution in [0, 0.1) is 21.8 Å². The minimum absolute atomic E-state index is 0.112. The summed E-state index contributed by atoms with van der Waals surface area (Å²) in [6, 6.07) is 7.46. The number of benzene rings is 2. The third-order valence-corrected chi connectivity index (χ3v) is 6.29. The highest BCUT2D eigenvalue weighted by molar-refractivity contribution is 7.98. The molecule has 9 heteroatoms. The maximum Gasteiger partial charge on any atom is 0.285 e. The quantitative estimate of drug-likeness (QED) is 0.350. The number of anilines is 2. The highest BCUT2D eigenvalue weighted by atomic mass is 32.2. The van der Waals surface area contributed by atoms with E-state index < -0.39 is 16.6 Å². The predicted molar refractivity (Wildman–Crippen MR) is 121 cm³/mol. The highest BCUT2D eigenvalue weighted by Crippen LogP contribution is 2.36. The van der Waals surface area contributed by atoms with Crippen molar-refractivity contribution in [2.24, 2.45) is 5.92 Å². The topological polar surface area (TPSA) is 84.7 Å². The maximum atomic E-state index is 14.9. The van der Waals surface area contributed by atoms with Crippen molar-refractivity contribution in [3.8, 4) is 5.75 Å². The Labute approximate surface area is 185 Å². The average Bonchev–Trinajstić information content (AvgIpc) is 3.22. The van der Waals surface area contributed by atoms with E-state index in [9.17, 15) is 19.3 Å². The van der Waals surface area contributed by atoms with Crippen LogP contribution < -0.4 is 15.0 Å². The number of hydrogen-bond acceptors (Lipinski definition) is 6. The van der Waals surface area contributed by atoms with Crippen LogP contribution in [0.1, 0.15) is 37.0 Å². The first-order chi connectivity index (χ1) is 14.8. The van der Waals surface area contributed by atoms with E-state index in [1.165, 1.54) is 37.1 Å². The Balaban J connectivity index is 1.87. The third kappa shape index (κ3) is 4.76. The van der Waals surface area contributed by atoms with Crippen LogP contribution in [0.15, 0.2) is 35.2 Å². The van der Waals surface area contributed by atoms with Gasteiger partial charge in [-0.15, -0.1) is 11.8 Å². The van der Waals surface area contributed by atoms with Crippen LogP contribution in [0.5, 0.6) is 5.75 Å². The summed E-state index contributed by atoms with van der Waals surface area (Å²) in [4.78, 5) is 26.3. The molecule has 31 heavy (non-hydrogen) atoms. The molecule has 0 radical (unpaired) electrons. The molecule has 2 aromatic carbocycles. The van der Waals surface area contributed by atoms with Crippen molar-refractivity contribution in [1.29, 1.82) is 0 Å². The average molecular weight is 448 g/mol. The number of hydrogen-bond donors (Lipinski definition) is 1. The molecule has 2 aromatic rings. The van der Waals surface area contributed by atoms with Crippen molar-refractivity contribution >= 4 is 34.7 Å². The van der Waals surface area contributed by atoms with Crippen molar-refractivity contribution in [1.82, 2.24) is 0 Å². The largest absolute Gasteiger partial charge is 0.495 e. The van der Waals surface area contributed by atoms with Crippen LogP contribution in [0.3, 0.4) is 0 Å². The minimum Gasteiger partial charge on any atom is -0.495 e. The highest BCUT2D eigenvalue weighted by Gasteiger charge is 2.29. The van der Waals surface area contributed by atoms with E-state index in [0.29, 0.717) is 22.3 Å². The van der Waals surface area contributed by atoms with Crippen LogP contribution in [0.4, 0.5) is 21.5 Å². The Kier molecular flexibility index (Phi) is 7.04. The molecule has 1 aliphatic heterocycles. The molecule has 1 amide bonds. The molecule has 7 nitrogen and oxygen atoms in total. The number of nitro groups is 1. The summed E-state index contributed by atoms with van der Waals surface area (Å²) in [7, 11) is 1.41. The minimum atomic E-state index is -0.682. The van der Waals surface area contributed by atoms with E-state index in [2.05, 4.69) is 24.1 Å². The lowest BCUT2D eigenvalue weighted by atomic mass is 10.0. The third-order valence-electron chi connectivity index (χ3n) is 5.53. The molecule has 1 fully saturated rings. The fraction of sp³-hybridized carbons (Fsp3) is 0.409. The number of carbonyl (C=O) groups excluding carboxylic acids is 1. The first kappa shape index (κ1) is 22.9. The second-order valence-corrected chi connectivity index (χ2v) is 8.60. The van der Waals surface area contributed by atoms with E-state index in [-0.39, 0.29) is 23.0 Å². The molecular formula is C22H26FN3O4S. The second-order valence-electron chi connectivity index (χ2n) is 7.75. The summed E-state index contributed by atoms with van der Waals surface area (Å²) < 4.78 is 20.1. The number of nitrogens with zero attached hydrogens (tertiary/aromatic N) is 2. The molecule has 3 rings (SSSR count). The van der Waals surface area contributed by atoms with Crippen LogP contribution in [-0.2, 0) is 0 Å².